The van der Waals surface area contributed by atoms with E-state index < -0.39 is 0 Å². The standard InChI is InChI=1S/C14H17N7O/c1-2-15-14(16-9-11-6-8-22-20-11)17-10-13-19-18-12-5-3-4-7-21(12)13/h3-8H,2,9-10H2,1H3,(H2,15,16,17). The van der Waals surface area contributed by atoms with Crippen molar-refractivity contribution in [3.63, 3.8) is 0 Å². The number of aliphatic imine (C=N–C) groups is 1. The average molecular weight is 299 g/mol. The van der Waals surface area contributed by atoms with Crippen molar-refractivity contribution in [2.45, 2.75) is 20.0 Å². The van der Waals surface area contributed by atoms with Crippen LogP contribution in [0.1, 0.15) is 18.4 Å². The van der Waals surface area contributed by atoms with Gasteiger partial charge in [0, 0.05) is 18.8 Å². The van der Waals surface area contributed by atoms with Crippen molar-refractivity contribution >= 4 is 11.6 Å². The van der Waals surface area contributed by atoms with Crippen molar-refractivity contribution < 1.29 is 4.52 Å². The monoisotopic (exact) mass is 299 g/mol. The topological polar surface area (TPSA) is 92.6 Å². The summed E-state index contributed by atoms with van der Waals surface area (Å²) in [5, 5.41) is 18.5. The maximum Gasteiger partial charge on any atom is 0.192 e. The van der Waals surface area contributed by atoms with Crippen LogP contribution in [0, 0.1) is 0 Å². The van der Waals surface area contributed by atoms with Crippen molar-refractivity contribution in [2.75, 3.05) is 6.54 Å². The van der Waals surface area contributed by atoms with E-state index >= 15 is 0 Å². The molecule has 0 unspecified atom stereocenters. The summed E-state index contributed by atoms with van der Waals surface area (Å²) in [5.41, 5.74) is 1.61. The summed E-state index contributed by atoms with van der Waals surface area (Å²) < 4.78 is 6.73. The van der Waals surface area contributed by atoms with Gasteiger partial charge in [-0.25, -0.2) is 4.99 Å². The van der Waals surface area contributed by atoms with Gasteiger partial charge in [0.15, 0.2) is 17.4 Å². The van der Waals surface area contributed by atoms with Gasteiger partial charge in [0.05, 0.1) is 13.1 Å². The lowest BCUT2D eigenvalue weighted by Crippen LogP contribution is -2.37. The molecule has 0 spiro atoms. The quantitative estimate of drug-likeness (QED) is 0.539. The van der Waals surface area contributed by atoms with Crippen LogP contribution in [0.2, 0.25) is 0 Å². The molecule has 0 radical (unpaired) electrons. The van der Waals surface area contributed by atoms with Gasteiger partial charge in [0.2, 0.25) is 0 Å². The minimum absolute atomic E-state index is 0.451. The number of pyridine rings is 1. The maximum absolute atomic E-state index is 4.79. The van der Waals surface area contributed by atoms with E-state index in [9.17, 15) is 0 Å². The summed E-state index contributed by atoms with van der Waals surface area (Å²) in [7, 11) is 0. The Morgan fingerprint density at radius 2 is 2.23 bits per heavy atom. The normalized spacial score (nSPS) is 11.8. The van der Waals surface area contributed by atoms with Gasteiger partial charge in [-0.05, 0) is 19.1 Å². The molecule has 3 aromatic rings. The zero-order chi connectivity index (χ0) is 15.2. The number of aromatic nitrogens is 4. The van der Waals surface area contributed by atoms with E-state index in [1.165, 1.54) is 6.26 Å². The molecule has 0 saturated heterocycles. The lowest BCUT2D eigenvalue weighted by Gasteiger charge is -2.10. The third kappa shape index (κ3) is 3.22. The van der Waals surface area contributed by atoms with Crippen LogP contribution < -0.4 is 10.6 Å². The summed E-state index contributed by atoms with van der Waals surface area (Å²) in [6.07, 6.45) is 3.47. The lowest BCUT2D eigenvalue weighted by molar-refractivity contribution is 0.412. The van der Waals surface area contributed by atoms with Crippen molar-refractivity contribution in [1.82, 2.24) is 30.4 Å². The van der Waals surface area contributed by atoms with Gasteiger partial charge in [-0.2, -0.15) is 0 Å². The minimum Gasteiger partial charge on any atom is -0.364 e. The second kappa shape index (κ2) is 6.70. The molecule has 3 aromatic heterocycles. The van der Waals surface area contributed by atoms with Gasteiger partial charge in [0.25, 0.3) is 0 Å². The van der Waals surface area contributed by atoms with Crippen LogP contribution in [0.25, 0.3) is 5.65 Å². The van der Waals surface area contributed by atoms with Crippen LogP contribution >= 0.6 is 0 Å². The summed E-state index contributed by atoms with van der Waals surface area (Å²) in [4.78, 5) is 4.45. The van der Waals surface area contributed by atoms with E-state index in [1.807, 2.05) is 35.7 Å². The first-order valence-corrected chi connectivity index (χ1v) is 7.07. The molecule has 8 nitrogen and oxygen atoms in total. The van der Waals surface area contributed by atoms with Gasteiger partial charge in [0.1, 0.15) is 12.0 Å². The minimum atomic E-state index is 0.451. The molecule has 0 saturated carbocycles. The van der Waals surface area contributed by atoms with Crippen LogP contribution in [0.3, 0.4) is 0 Å². The van der Waals surface area contributed by atoms with E-state index in [0.29, 0.717) is 19.0 Å². The number of nitrogens with one attached hydrogen (secondary N) is 2. The fraction of sp³-hybridized carbons (Fsp3) is 0.286. The Morgan fingerprint density at radius 1 is 1.27 bits per heavy atom. The molecule has 0 fully saturated rings. The fourth-order valence-electron chi connectivity index (χ4n) is 2.00. The predicted octanol–water partition coefficient (Wildman–Crippen LogP) is 0.973. The number of rotatable bonds is 5. The van der Waals surface area contributed by atoms with E-state index in [2.05, 4.69) is 31.0 Å². The second-order valence-corrected chi connectivity index (χ2v) is 4.58. The summed E-state index contributed by atoms with van der Waals surface area (Å²) in [6, 6.07) is 7.59. The SMILES string of the molecule is CCNC(=NCc1ccon1)NCc1nnc2ccccn12. The van der Waals surface area contributed by atoms with Gasteiger partial charge < -0.3 is 15.2 Å². The Labute approximate surface area is 127 Å². The van der Waals surface area contributed by atoms with Crippen molar-refractivity contribution in [2.24, 2.45) is 4.99 Å². The summed E-state index contributed by atoms with van der Waals surface area (Å²) in [5.74, 6) is 1.51. The van der Waals surface area contributed by atoms with E-state index in [4.69, 9.17) is 4.52 Å². The molecule has 0 aliphatic carbocycles. The number of guanidine groups is 1. The number of nitrogens with zero attached hydrogens (tertiary/aromatic N) is 5. The molecule has 0 aliphatic heterocycles. The van der Waals surface area contributed by atoms with Gasteiger partial charge in [-0.15, -0.1) is 10.2 Å². The van der Waals surface area contributed by atoms with Crippen LogP contribution in [0.5, 0.6) is 0 Å². The molecule has 3 heterocycles. The second-order valence-electron chi connectivity index (χ2n) is 4.58. The summed E-state index contributed by atoms with van der Waals surface area (Å²) in [6.45, 7) is 3.76. The largest absolute Gasteiger partial charge is 0.364 e. The Bertz CT molecular complexity index is 747. The zero-order valence-electron chi connectivity index (χ0n) is 12.2. The first kappa shape index (κ1) is 14.1. The van der Waals surface area contributed by atoms with Gasteiger partial charge in [-0.3, -0.25) is 4.40 Å². The molecule has 114 valence electrons. The number of hydrogen-bond donors (Lipinski definition) is 2. The Hall–Kier alpha value is -2.90. The molecule has 0 amide bonds. The first-order valence-electron chi connectivity index (χ1n) is 7.07. The molecule has 3 rings (SSSR count). The van der Waals surface area contributed by atoms with Crippen LogP contribution in [-0.2, 0) is 13.1 Å². The van der Waals surface area contributed by atoms with E-state index in [1.54, 1.807) is 6.07 Å². The average Bonchev–Trinajstić information content (AvgIpc) is 3.20. The zero-order valence-corrected chi connectivity index (χ0v) is 12.2. The van der Waals surface area contributed by atoms with Crippen molar-refractivity contribution in [3.05, 3.63) is 48.2 Å². The third-order valence-corrected chi connectivity index (χ3v) is 3.03. The highest BCUT2D eigenvalue weighted by Gasteiger charge is 2.05. The first-order chi connectivity index (χ1) is 10.9. The predicted molar refractivity (Wildman–Crippen MR) is 81.1 cm³/mol. The lowest BCUT2D eigenvalue weighted by atomic mass is 10.4. The van der Waals surface area contributed by atoms with Crippen LogP contribution in [0.4, 0.5) is 0 Å². The fourth-order valence-corrected chi connectivity index (χ4v) is 2.00. The molecule has 22 heavy (non-hydrogen) atoms. The van der Waals surface area contributed by atoms with Gasteiger partial charge >= 0.3 is 0 Å². The Balaban J connectivity index is 1.67. The highest BCUT2D eigenvalue weighted by molar-refractivity contribution is 5.79. The molecular weight excluding hydrogens is 282 g/mol. The molecule has 8 heteroatoms. The molecule has 0 aromatic carbocycles. The Kier molecular flexibility index (Phi) is 4.28. The van der Waals surface area contributed by atoms with Crippen LogP contribution in [-0.4, -0.2) is 32.3 Å². The maximum atomic E-state index is 4.79. The highest BCUT2D eigenvalue weighted by Crippen LogP contribution is 2.02. The smallest absolute Gasteiger partial charge is 0.192 e. The van der Waals surface area contributed by atoms with E-state index in [-0.39, 0.29) is 0 Å². The van der Waals surface area contributed by atoms with Crippen LogP contribution in [0.15, 0.2) is 46.2 Å². The molecule has 0 atom stereocenters. The van der Waals surface area contributed by atoms with Crippen molar-refractivity contribution in [3.8, 4) is 0 Å². The van der Waals surface area contributed by atoms with Crippen molar-refractivity contribution in [1.29, 1.82) is 0 Å². The summed E-state index contributed by atoms with van der Waals surface area (Å²) >= 11 is 0. The number of fused-ring (bicyclic) bond motifs is 1. The van der Waals surface area contributed by atoms with E-state index in [0.717, 1.165) is 23.7 Å². The van der Waals surface area contributed by atoms with Gasteiger partial charge in [-0.1, -0.05) is 11.2 Å². The third-order valence-electron chi connectivity index (χ3n) is 3.03. The molecule has 0 bridgehead atoms. The molecule has 2 N–H and O–H groups in total. The number of hydrogen-bond acceptors (Lipinski definition) is 5. The molecular formula is C14H17N7O. The highest BCUT2D eigenvalue weighted by atomic mass is 16.5. The molecule has 0 aliphatic rings. The Morgan fingerprint density at radius 3 is 3.05 bits per heavy atom.